The van der Waals surface area contributed by atoms with E-state index in [1.807, 2.05) is 0 Å². The lowest BCUT2D eigenvalue weighted by Crippen LogP contribution is -2.59. The first kappa shape index (κ1) is 34.7. The van der Waals surface area contributed by atoms with E-state index in [2.05, 4.69) is 39.9 Å². The molecule has 0 heterocycles. The van der Waals surface area contributed by atoms with Crippen molar-refractivity contribution in [1.82, 2.24) is 5.32 Å². The molecule has 4 saturated carbocycles. The van der Waals surface area contributed by atoms with Crippen molar-refractivity contribution in [3.8, 4) is 0 Å². The predicted molar refractivity (Wildman–Crippen MR) is 179 cm³/mol. The van der Waals surface area contributed by atoms with E-state index >= 15 is 0 Å². The predicted octanol–water partition coefficient (Wildman–Crippen LogP) is 9.15. The Bertz CT molecular complexity index is 761. The zero-order chi connectivity index (χ0) is 30.0. The van der Waals surface area contributed by atoms with Crippen LogP contribution in [0.2, 0.25) is 0 Å². The summed E-state index contributed by atoms with van der Waals surface area (Å²) in [5.74, 6) is 5.04. The number of fused-ring (bicyclic) bond motifs is 5. The number of rotatable bonds is 19. The van der Waals surface area contributed by atoms with Gasteiger partial charge in [-0.05, 0) is 149 Å². The molecule has 4 rings (SSSR count). The van der Waals surface area contributed by atoms with Gasteiger partial charge in [-0.3, -0.25) is 0 Å². The van der Waals surface area contributed by atoms with E-state index in [4.69, 9.17) is 15.2 Å². The number of ether oxygens (including phenoxy) is 2. The van der Waals surface area contributed by atoms with E-state index in [9.17, 15) is 0 Å². The van der Waals surface area contributed by atoms with Crippen molar-refractivity contribution in [2.45, 2.75) is 162 Å². The Kier molecular flexibility index (Phi) is 14.0. The van der Waals surface area contributed by atoms with Gasteiger partial charge in [0.25, 0.3) is 0 Å². The van der Waals surface area contributed by atoms with Crippen LogP contribution in [0.15, 0.2) is 0 Å². The third-order valence-electron chi connectivity index (χ3n) is 13.4. The summed E-state index contributed by atoms with van der Waals surface area (Å²) < 4.78 is 13.3. The van der Waals surface area contributed by atoms with Crippen LogP contribution in [0.1, 0.15) is 150 Å². The van der Waals surface area contributed by atoms with Gasteiger partial charge in [-0.1, -0.05) is 66.7 Å². The van der Waals surface area contributed by atoms with Crippen molar-refractivity contribution in [2.24, 2.45) is 52.1 Å². The highest BCUT2D eigenvalue weighted by atomic mass is 16.5. The Morgan fingerprint density at radius 2 is 1.57 bits per heavy atom. The summed E-state index contributed by atoms with van der Waals surface area (Å²) in [5, 5.41) is 3.77. The first-order valence-corrected chi connectivity index (χ1v) is 19.0. The van der Waals surface area contributed by atoms with Gasteiger partial charge in [-0.15, -0.1) is 0 Å². The molecule has 0 amide bonds. The number of nitrogens with two attached hydrogens (primary N) is 1. The first-order valence-electron chi connectivity index (χ1n) is 19.0. The van der Waals surface area contributed by atoms with Crippen molar-refractivity contribution >= 4 is 0 Å². The van der Waals surface area contributed by atoms with Gasteiger partial charge >= 0.3 is 0 Å². The second-order valence-electron chi connectivity index (χ2n) is 15.8. The van der Waals surface area contributed by atoms with Crippen LogP contribution in [0.3, 0.4) is 0 Å². The summed E-state index contributed by atoms with van der Waals surface area (Å²) in [4.78, 5) is 0. The first-order chi connectivity index (χ1) is 20.4. The maximum atomic E-state index is 6.95. The van der Waals surface area contributed by atoms with Gasteiger partial charge in [-0.25, -0.2) is 0 Å². The molecule has 4 nitrogen and oxygen atoms in total. The van der Waals surface area contributed by atoms with Crippen LogP contribution < -0.4 is 11.1 Å². The van der Waals surface area contributed by atoms with Crippen molar-refractivity contribution in [3.05, 3.63) is 0 Å². The molecule has 246 valence electrons. The molecule has 4 aliphatic carbocycles. The summed E-state index contributed by atoms with van der Waals surface area (Å²) in [6.07, 6.45) is 25.0. The molecule has 3 N–H and O–H groups in total. The monoisotopic (exact) mass is 589 g/mol. The fraction of sp³-hybridized carbons (Fsp3) is 1.00. The highest BCUT2D eigenvalue weighted by Gasteiger charge is 2.64. The maximum Gasteiger partial charge on any atom is 0.0637 e. The lowest BCUT2D eigenvalue weighted by Gasteiger charge is -2.63. The van der Waals surface area contributed by atoms with Gasteiger partial charge in [0.15, 0.2) is 0 Å². The van der Waals surface area contributed by atoms with Gasteiger partial charge in [0.05, 0.1) is 12.2 Å². The van der Waals surface area contributed by atoms with E-state index in [1.54, 1.807) is 0 Å². The van der Waals surface area contributed by atoms with Gasteiger partial charge in [0, 0.05) is 13.2 Å². The normalized spacial score (nSPS) is 38.6. The van der Waals surface area contributed by atoms with E-state index in [-0.39, 0.29) is 0 Å². The van der Waals surface area contributed by atoms with Crippen molar-refractivity contribution in [2.75, 3.05) is 32.8 Å². The van der Waals surface area contributed by atoms with E-state index < -0.39 is 0 Å². The quantitative estimate of drug-likeness (QED) is 0.148. The molecule has 4 unspecified atom stereocenters. The Labute approximate surface area is 261 Å². The average Bonchev–Trinajstić information content (AvgIpc) is 3.35. The molecular weight excluding hydrogens is 516 g/mol. The zero-order valence-electron chi connectivity index (χ0n) is 28.8. The largest absolute Gasteiger partial charge is 0.378 e. The SMILES string of the molecule is CCCCCCCCNCCC[C@@H](C)[C@H]1CC[C@H]2C3CCC4C[C@H](OCCCN)CCC4(C)[C@H]3C[C@H](OCCC)C12C. The summed E-state index contributed by atoms with van der Waals surface area (Å²) in [6.45, 7) is 17.5. The van der Waals surface area contributed by atoms with Crippen LogP contribution >= 0.6 is 0 Å². The molecule has 10 atom stereocenters. The van der Waals surface area contributed by atoms with Crippen LogP contribution in [0.5, 0.6) is 0 Å². The minimum atomic E-state index is 0.355. The molecule has 0 radical (unpaired) electrons. The minimum Gasteiger partial charge on any atom is -0.378 e. The Morgan fingerprint density at radius 3 is 2.36 bits per heavy atom. The second kappa shape index (κ2) is 17.0. The van der Waals surface area contributed by atoms with Crippen molar-refractivity contribution < 1.29 is 9.47 Å². The number of unbranched alkanes of at least 4 members (excludes halogenated alkanes) is 5. The molecule has 4 heteroatoms. The van der Waals surface area contributed by atoms with Gasteiger partial charge in [0.2, 0.25) is 0 Å². The fourth-order valence-electron chi connectivity index (χ4n) is 11.0. The number of nitrogens with one attached hydrogen (secondary N) is 1. The summed E-state index contributed by atoms with van der Waals surface area (Å²) in [5.41, 5.74) is 6.56. The van der Waals surface area contributed by atoms with E-state index in [0.29, 0.717) is 23.0 Å². The molecule has 42 heavy (non-hydrogen) atoms. The van der Waals surface area contributed by atoms with Crippen molar-refractivity contribution in [3.63, 3.8) is 0 Å². The average molecular weight is 589 g/mol. The van der Waals surface area contributed by atoms with Crippen LogP contribution in [0.25, 0.3) is 0 Å². The van der Waals surface area contributed by atoms with Gasteiger partial charge in [0.1, 0.15) is 0 Å². The van der Waals surface area contributed by atoms with Gasteiger partial charge < -0.3 is 20.5 Å². The summed E-state index contributed by atoms with van der Waals surface area (Å²) in [7, 11) is 0. The smallest absolute Gasteiger partial charge is 0.0637 e. The van der Waals surface area contributed by atoms with Crippen LogP contribution in [-0.4, -0.2) is 45.1 Å². The third-order valence-corrected chi connectivity index (χ3v) is 13.4. The molecule has 0 aromatic rings. The molecule has 4 aliphatic rings. The van der Waals surface area contributed by atoms with Crippen molar-refractivity contribution in [1.29, 1.82) is 0 Å². The third kappa shape index (κ3) is 7.97. The lowest BCUT2D eigenvalue weighted by atomic mass is 9.43. The highest BCUT2D eigenvalue weighted by molar-refractivity contribution is 5.13. The lowest BCUT2D eigenvalue weighted by molar-refractivity contribution is -0.192. The Morgan fingerprint density at radius 1 is 0.786 bits per heavy atom. The molecule has 0 aliphatic heterocycles. The molecule has 4 fully saturated rings. The molecule has 0 aromatic carbocycles. The maximum absolute atomic E-state index is 6.95. The molecule has 0 bridgehead atoms. The molecule has 0 spiro atoms. The Balaban J connectivity index is 1.34. The highest BCUT2D eigenvalue weighted by Crippen LogP contribution is 2.69. The molecular formula is C38H72N2O2. The van der Waals surface area contributed by atoms with E-state index in [0.717, 1.165) is 68.1 Å². The molecule has 0 saturated heterocycles. The topological polar surface area (TPSA) is 56.5 Å². The van der Waals surface area contributed by atoms with Crippen LogP contribution in [0.4, 0.5) is 0 Å². The van der Waals surface area contributed by atoms with Crippen LogP contribution in [0, 0.1) is 46.3 Å². The minimum absolute atomic E-state index is 0.355. The van der Waals surface area contributed by atoms with E-state index in [1.165, 1.54) is 116 Å². The number of hydrogen-bond acceptors (Lipinski definition) is 4. The molecule has 0 aromatic heterocycles. The summed E-state index contributed by atoms with van der Waals surface area (Å²) in [6, 6.07) is 0. The number of hydrogen-bond donors (Lipinski definition) is 2. The summed E-state index contributed by atoms with van der Waals surface area (Å²) >= 11 is 0. The second-order valence-corrected chi connectivity index (χ2v) is 15.8. The van der Waals surface area contributed by atoms with Gasteiger partial charge in [-0.2, -0.15) is 0 Å². The van der Waals surface area contributed by atoms with Crippen LogP contribution in [-0.2, 0) is 9.47 Å². The zero-order valence-corrected chi connectivity index (χ0v) is 28.8. The standard InChI is InChI=1S/C38H72N2O2/c1-6-8-9-10-11-12-23-40-24-13-15-29(3)33-18-19-34-32-17-16-30-27-31(41-26-14-22-39)20-21-37(30,4)35(32)28-36(38(33,34)5)42-25-7-2/h29-36,40H,6-28,39H2,1-5H3/t29-,30?,31-,32?,33-,34+,35+,36+,37?,38?/m1/s1. The Hall–Kier alpha value is -0.160. The fourth-order valence-corrected chi connectivity index (χ4v) is 11.0.